The number of nitrogens with zero attached hydrogens (tertiary/aromatic N) is 3. The third-order valence-electron chi connectivity index (χ3n) is 4.49. The average molecular weight is 300 g/mol. The highest BCUT2D eigenvalue weighted by Gasteiger charge is 2.78. The van der Waals surface area contributed by atoms with Crippen LogP contribution in [0.25, 0.3) is 0 Å². The molecule has 3 atom stereocenters. The zero-order chi connectivity index (χ0) is 16.1. The van der Waals surface area contributed by atoms with Crippen molar-refractivity contribution >= 4 is 11.9 Å². The van der Waals surface area contributed by atoms with Crippen molar-refractivity contribution in [2.24, 2.45) is 5.73 Å². The largest absolute Gasteiger partial charge is 0.447 e. The summed E-state index contributed by atoms with van der Waals surface area (Å²) in [7, 11) is 1.54. The van der Waals surface area contributed by atoms with Crippen molar-refractivity contribution < 1.29 is 14.2 Å². The summed E-state index contributed by atoms with van der Waals surface area (Å²) >= 11 is 0. The van der Waals surface area contributed by atoms with Gasteiger partial charge in [-0.2, -0.15) is 5.26 Å². The standard InChI is InChI=1S/C15H18N5O2/c1-3-8-19-12(17)15(11-6-4-10(9-16)5-7-11)13(21)20(2,18-15)14(19)22/h4-7,12,18H,3,8,17H2,1-2H3/q+1. The summed E-state index contributed by atoms with van der Waals surface area (Å²) in [5, 5.41) is 8.89. The van der Waals surface area contributed by atoms with Crippen LogP contribution in [0.15, 0.2) is 24.3 Å². The van der Waals surface area contributed by atoms with Gasteiger partial charge < -0.3 is 5.73 Å². The third-order valence-corrected chi connectivity index (χ3v) is 4.49. The summed E-state index contributed by atoms with van der Waals surface area (Å²) in [5.41, 5.74) is 9.40. The second-order valence-electron chi connectivity index (χ2n) is 5.84. The highest BCUT2D eigenvalue weighted by Crippen LogP contribution is 2.44. The molecule has 3 saturated heterocycles. The van der Waals surface area contributed by atoms with E-state index in [1.165, 1.54) is 0 Å². The number of nitrogens with one attached hydrogen (secondary N) is 1. The molecule has 3 heterocycles. The number of carbonyl (C=O) groups is 2. The molecule has 0 radical (unpaired) electrons. The summed E-state index contributed by atoms with van der Waals surface area (Å²) in [4.78, 5) is 26.7. The van der Waals surface area contributed by atoms with E-state index < -0.39 is 16.3 Å². The third kappa shape index (κ3) is 1.54. The van der Waals surface area contributed by atoms with Crippen LogP contribution in [0, 0.1) is 11.3 Å². The number of benzene rings is 1. The molecule has 114 valence electrons. The first-order chi connectivity index (χ1) is 10.4. The highest BCUT2D eigenvalue weighted by molar-refractivity contribution is 5.98. The quantitative estimate of drug-likeness (QED) is 0.786. The predicted octanol–water partition coefficient (Wildman–Crippen LogP) is 0.375. The summed E-state index contributed by atoms with van der Waals surface area (Å²) in [6.07, 6.45) is -0.00259. The first-order valence-corrected chi connectivity index (χ1v) is 7.20. The minimum Gasteiger partial charge on any atom is -0.308 e. The lowest BCUT2D eigenvalue weighted by Crippen LogP contribution is -2.96. The SMILES string of the molecule is CCCN1C(=O)[N+]2(C)NC(c3ccc(C#N)cc3)(C2=O)C1N. The number of nitriles is 1. The first-order valence-electron chi connectivity index (χ1n) is 7.20. The Hall–Kier alpha value is -2.27. The maximum absolute atomic E-state index is 12.7. The first kappa shape index (κ1) is 14.7. The molecule has 3 aliphatic rings. The Kier molecular flexibility index (Phi) is 3.07. The number of nitrogens with two attached hydrogens (primary N) is 1. The van der Waals surface area contributed by atoms with Gasteiger partial charge in [0.05, 0.1) is 11.6 Å². The van der Waals surface area contributed by atoms with Gasteiger partial charge in [-0.15, -0.1) is 10.0 Å². The van der Waals surface area contributed by atoms with Gasteiger partial charge in [-0.25, -0.2) is 9.59 Å². The van der Waals surface area contributed by atoms with Crippen molar-refractivity contribution in [1.82, 2.24) is 10.3 Å². The molecule has 7 heteroatoms. The Morgan fingerprint density at radius 3 is 2.55 bits per heavy atom. The Morgan fingerprint density at radius 2 is 2.05 bits per heavy atom. The molecule has 3 N–H and O–H groups in total. The molecule has 22 heavy (non-hydrogen) atoms. The molecule has 3 unspecified atom stereocenters. The van der Waals surface area contributed by atoms with Crippen molar-refractivity contribution in [3.05, 3.63) is 35.4 Å². The topological polar surface area (TPSA) is 99.2 Å². The molecular formula is C15H18N5O2+. The number of urea groups is 1. The van der Waals surface area contributed by atoms with Crippen molar-refractivity contribution in [3.63, 3.8) is 0 Å². The van der Waals surface area contributed by atoms with Crippen molar-refractivity contribution in [1.29, 1.82) is 5.26 Å². The van der Waals surface area contributed by atoms with Gasteiger partial charge in [0, 0.05) is 6.54 Å². The Bertz CT molecular complexity index is 695. The number of hydrogen-bond acceptors (Lipinski definition) is 5. The van der Waals surface area contributed by atoms with Crippen molar-refractivity contribution in [3.8, 4) is 6.07 Å². The molecule has 3 aliphatic heterocycles. The Morgan fingerprint density at radius 1 is 1.41 bits per heavy atom. The van der Waals surface area contributed by atoms with E-state index in [4.69, 9.17) is 11.0 Å². The number of hydrogen-bond donors (Lipinski definition) is 2. The Balaban J connectivity index is 2.07. The number of rotatable bonds is 3. The van der Waals surface area contributed by atoms with Crippen LogP contribution in [-0.4, -0.2) is 41.2 Å². The molecular weight excluding hydrogens is 282 g/mol. The van der Waals surface area contributed by atoms with Gasteiger partial charge >= 0.3 is 11.9 Å². The number of imide groups is 1. The van der Waals surface area contributed by atoms with Gasteiger partial charge in [-0.1, -0.05) is 19.1 Å². The molecule has 1 aromatic carbocycles. The maximum Gasteiger partial charge on any atom is 0.447 e. The lowest BCUT2D eigenvalue weighted by Gasteiger charge is -2.59. The van der Waals surface area contributed by atoms with E-state index in [0.29, 0.717) is 17.7 Å². The van der Waals surface area contributed by atoms with E-state index in [9.17, 15) is 9.59 Å². The van der Waals surface area contributed by atoms with Gasteiger partial charge in [-0.05, 0) is 24.1 Å². The number of likely N-dealkylation sites (N-methyl/N-ethyl adjacent to an activating group) is 1. The fraction of sp³-hybridized carbons (Fsp3) is 0.400. The fourth-order valence-corrected chi connectivity index (χ4v) is 3.33. The van der Waals surface area contributed by atoms with Crippen molar-refractivity contribution in [2.75, 3.05) is 13.6 Å². The van der Waals surface area contributed by atoms with Crippen LogP contribution in [0.5, 0.6) is 0 Å². The van der Waals surface area contributed by atoms with Crippen LogP contribution in [0.3, 0.4) is 0 Å². The van der Waals surface area contributed by atoms with Gasteiger partial charge in [0.1, 0.15) is 13.2 Å². The van der Waals surface area contributed by atoms with Crippen LogP contribution < -0.4 is 11.2 Å². The van der Waals surface area contributed by atoms with Gasteiger partial charge in [0.15, 0.2) is 0 Å². The summed E-state index contributed by atoms with van der Waals surface area (Å²) in [6.45, 7) is 2.46. The van der Waals surface area contributed by atoms with Crippen LogP contribution in [0.4, 0.5) is 4.79 Å². The molecule has 4 rings (SSSR count). The van der Waals surface area contributed by atoms with Gasteiger partial charge in [-0.3, -0.25) is 4.90 Å². The van der Waals surface area contributed by atoms with E-state index in [-0.39, 0.29) is 11.9 Å². The molecule has 3 fully saturated rings. The molecule has 0 aliphatic carbocycles. The lowest BCUT2D eigenvalue weighted by atomic mass is 9.79. The average Bonchev–Trinajstić information content (AvgIpc) is 2.54. The zero-order valence-corrected chi connectivity index (χ0v) is 12.5. The number of amides is 3. The van der Waals surface area contributed by atoms with Gasteiger partial charge in [0.25, 0.3) is 0 Å². The summed E-state index contributed by atoms with van der Waals surface area (Å²) in [6, 6.07) is 8.44. The van der Waals surface area contributed by atoms with Crippen molar-refractivity contribution in [2.45, 2.75) is 25.0 Å². The van der Waals surface area contributed by atoms with Crippen LogP contribution >= 0.6 is 0 Å². The van der Waals surface area contributed by atoms with Crippen LogP contribution in [-0.2, 0) is 10.3 Å². The van der Waals surface area contributed by atoms with E-state index in [1.807, 2.05) is 13.0 Å². The number of fused-ring (bicyclic) bond motifs is 2. The molecule has 0 aromatic heterocycles. The summed E-state index contributed by atoms with van der Waals surface area (Å²) < 4.78 is -0.465. The molecule has 7 nitrogen and oxygen atoms in total. The van der Waals surface area contributed by atoms with E-state index >= 15 is 0 Å². The molecule has 0 saturated carbocycles. The van der Waals surface area contributed by atoms with Crippen LogP contribution in [0.2, 0.25) is 0 Å². The molecule has 2 bridgehead atoms. The Labute approximate surface area is 128 Å². The molecule has 1 aromatic rings. The minimum atomic E-state index is -1.11. The normalized spacial score (nSPS) is 33.4. The van der Waals surface area contributed by atoms with Crippen LogP contribution in [0.1, 0.15) is 24.5 Å². The van der Waals surface area contributed by atoms with E-state index in [0.717, 1.165) is 6.42 Å². The lowest BCUT2D eigenvalue weighted by molar-refractivity contribution is -0.863. The second kappa shape index (κ2) is 4.61. The van der Waals surface area contributed by atoms with E-state index in [1.54, 1.807) is 36.2 Å². The number of quaternary nitrogens is 1. The zero-order valence-electron chi connectivity index (χ0n) is 12.5. The minimum absolute atomic E-state index is 0.262. The predicted molar refractivity (Wildman–Crippen MR) is 77.5 cm³/mol. The fourth-order valence-electron chi connectivity index (χ4n) is 3.33. The smallest absolute Gasteiger partial charge is 0.308 e. The van der Waals surface area contributed by atoms with E-state index in [2.05, 4.69) is 5.43 Å². The molecule has 0 spiro atoms. The van der Waals surface area contributed by atoms with Gasteiger partial charge in [0.2, 0.25) is 5.54 Å². The number of carbonyl (C=O) groups excluding carboxylic acids is 2. The maximum atomic E-state index is 12.7. The molecule has 3 amide bonds. The monoisotopic (exact) mass is 300 g/mol. The summed E-state index contributed by atoms with van der Waals surface area (Å²) in [5.74, 6) is -0.262. The second-order valence-corrected chi connectivity index (χ2v) is 5.84. The highest BCUT2D eigenvalue weighted by atomic mass is 16.2.